The highest BCUT2D eigenvalue weighted by molar-refractivity contribution is 6.18. The fourth-order valence-electron chi connectivity index (χ4n) is 4.48. The predicted octanol–water partition coefficient (Wildman–Crippen LogP) is 4.60. The largest absolute Gasteiger partial charge is 0.457 e. The van der Waals surface area contributed by atoms with Gasteiger partial charge in [0, 0.05) is 31.4 Å². The first kappa shape index (κ1) is 24.6. The molecule has 0 saturated carbocycles. The van der Waals surface area contributed by atoms with Crippen LogP contribution in [0, 0.1) is 17.1 Å². The van der Waals surface area contributed by atoms with Crippen LogP contribution in [0.1, 0.15) is 28.8 Å². The van der Waals surface area contributed by atoms with Crippen molar-refractivity contribution in [2.75, 3.05) is 18.4 Å². The molecule has 4 aromatic rings. The quantitative estimate of drug-likeness (QED) is 0.211. The van der Waals surface area contributed by atoms with Crippen LogP contribution in [0.2, 0.25) is 0 Å². The number of aromatic nitrogens is 3. The van der Waals surface area contributed by atoms with Gasteiger partial charge in [0.25, 0.3) is 5.91 Å². The number of ketones is 1. The molecule has 10 heteroatoms. The number of piperidine rings is 1. The highest BCUT2D eigenvalue weighted by Gasteiger charge is 2.27. The van der Waals surface area contributed by atoms with E-state index < -0.39 is 17.5 Å². The minimum absolute atomic E-state index is 0.115. The van der Waals surface area contributed by atoms with Gasteiger partial charge in [-0.05, 0) is 37.1 Å². The summed E-state index contributed by atoms with van der Waals surface area (Å²) in [6.07, 6.45) is 4.31. The van der Waals surface area contributed by atoms with Gasteiger partial charge in [0.05, 0.1) is 16.5 Å². The van der Waals surface area contributed by atoms with E-state index in [1.807, 2.05) is 6.07 Å². The van der Waals surface area contributed by atoms with Crippen molar-refractivity contribution in [3.8, 4) is 17.6 Å². The van der Waals surface area contributed by atoms with E-state index in [1.165, 1.54) is 30.7 Å². The Morgan fingerprint density at radius 2 is 1.97 bits per heavy atom. The summed E-state index contributed by atoms with van der Waals surface area (Å²) in [7, 11) is 0. The Bertz CT molecular complexity index is 1580. The summed E-state index contributed by atoms with van der Waals surface area (Å²) < 4.78 is 20.7. The van der Waals surface area contributed by atoms with Crippen LogP contribution in [0.4, 0.5) is 10.2 Å². The molecule has 1 aliphatic heterocycles. The summed E-state index contributed by atoms with van der Waals surface area (Å²) in [5.74, 6) is -0.449. The summed E-state index contributed by atoms with van der Waals surface area (Å²) in [6, 6.07) is 14.7. The molecule has 190 valence electrons. The number of nitriles is 1. The lowest BCUT2D eigenvalue weighted by atomic mass is 10.0. The van der Waals surface area contributed by atoms with E-state index in [2.05, 4.69) is 26.8 Å². The van der Waals surface area contributed by atoms with Gasteiger partial charge in [0.1, 0.15) is 46.8 Å². The Morgan fingerprint density at radius 1 is 1.16 bits per heavy atom. The molecule has 1 fully saturated rings. The molecule has 0 aliphatic carbocycles. The van der Waals surface area contributed by atoms with Crippen LogP contribution in [0.5, 0.6) is 11.5 Å². The molecule has 2 aromatic carbocycles. The molecular weight excluding hydrogens is 487 g/mol. The van der Waals surface area contributed by atoms with Crippen molar-refractivity contribution in [2.24, 2.45) is 0 Å². The highest BCUT2D eigenvalue weighted by atomic mass is 19.1. The van der Waals surface area contributed by atoms with Gasteiger partial charge in [0.2, 0.25) is 0 Å². The molecule has 1 atom stereocenters. The number of halogens is 1. The second kappa shape index (κ2) is 10.5. The Balaban J connectivity index is 1.39. The van der Waals surface area contributed by atoms with Crippen LogP contribution in [-0.2, 0) is 4.79 Å². The molecular formula is C28H23FN6O3. The van der Waals surface area contributed by atoms with Gasteiger partial charge < -0.3 is 19.9 Å². The zero-order valence-electron chi connectivity index (χ0n) is 20.3. The van der Waals surface area contributed by atoms with E-state index in [9.17, 15) is 9.59 Å². The summed E-state index contributed by atoms with van der Waals surface area (Å²) in [6.45, 7) is 4.38. The number of H-pyrrole nitrogens is 1. The molecule has 0 radical (unpaired) electrons. The standard InChI is InChI=1S/C28H23FN6O3/c1-17(13-30)28(37)35-11-5-6-18(15-35)34-27-24-22(14-31-26(24)32-16-33-27)25(36)21-10-9-20(12-23(21)29)38-19-7-3-2-4-8-19/h2-4,7-10,12,14,16,18H,1,5-6,11,15H2,(H2,31,32,33,34). The van der Waals surface area contributed by atoms with Crippen LogP contribution in [0.25, 0.3) is 11.0 Å². The van der Waals surface area contributed by atoms with Gasteiger partial charge in [-0.2, -0.15) is 5.26 Å². The second-order valence-corrected chi connectivity index (χ2v) is 8.86. The molecule has 3 heterocycles. The zero-order valence-corrected chi connectivity index (χ0v) is 20.3. The number of ether oxygens (including phenoxy) is 1. The maximum Gasteiger partial charge on any atom is 0.263 e. The summed E-state index contributed by atoms with van der Waals surface area (Å²) in [5.41, 5.74) is 0.388. The normalized spacial score (nSPS) is 15.1. The Labute approximate surface area is 217 Å². The third kappa shape index (κ3) is 4.95. The number of fused-ring (bicyclic) bond motifs is 1. The highest BCUT2D eigenvalue weighted by Crippen LogP contribution is 2.29. The minimum Gasteiger partial charge on any atom is -0.457 e. The fraction of sp³-hybridized carbons (Fsp3) is 0.179. The number of para-hydroxylation sites is 1. The molecule has 2 aromatic heterocycles. The number of aromatic amines is 1. The molecule has 1 aliphatic rings. The lowest BCUT2D eigenvalue weighted by molar-refractivity contribution is -0.127. The van der Waals surface area contributed by atoms with Gasteiger partial charge in [-0.25, -0.2) is 14.4 Å². The van der Waals surface area contributed by atoms with Crippen LogP contribution in [0.15, 0.2) is 73.2 Å². The van der Waals surface area contributed by atoms with E-state index >= 15 is 4.39 Å². The Morgan fingerprint density at radius 3 is 2.74 bits per heavy atom. The molecule has 0 bridgehead atoms. The first-order valence-electron chi connectivity index (χ1n) is 12.0. The van der Waals surface area contributed by atoms with Crippen LogP contribution in [0.3, 0.4) is 0 Å². The molecule has 1 amide bonds. The number of nitrogens with one attached hydrogen (secondary N) is 2. The number of benzene rings is 2. The number of amides is 1. The zero-order chi connectivity index (χ0) is 26.6. The SMILES string of the molecule is C=C(C#N)C(=O)N1CCCC(Nc2ncnc3[nH]cc(C(=O)c4ccc(Oc5ccccc5)cc4F)c23)C1. The number of hydrogen-bond donors (Lipinski definition) is 2. The number of nitrogens with zero attached hydrogens (tertiary/aromatic N) is 4. The van der Waals surface area contributed by atoms with Gasteiger partial charge >= 0.3 is 0 Å². The van der Waals surface area contributed by atoms with E-state index in [1.54, 1.807) is 35.2 Å². The lowest BCUT2D eigenvalue weighted by Crippen LogP contribution is -2.45. The minimum atomic E-state index is -0.719. The van der Waals surface area contributed by atoms with Crippen molar-refractivity contribution in [3.05, 3.63) is 90.2 Å². The van der Waals surface area contributed by atoms with Crippen molar-refractivity contribution in [1.29, 1.82) is 5.26 Å². The first-order valence-corrected chi connectivity index (χ1v) is 12.0. The third-order valence-corrected chi connectivity index (χ3v) is 6.32. The summed E-state index contributed by atoms with van der Waals surface area (Å²) in [4.78, 5) is 38.9. The maximum absolute atomic E-state index is 15.1. The van der Waals surface area contributed by atoms with Crippen molar-refractivity contribution >= 4 is 28.5 Å². The average molecular weight is 511 g/mol. The molecule has 1 unspecified atom stereocenters. The molecule has 1 saturated heterocycles. The fourth-order valence-corrected chi connectivity index (χ4v) is 4.48. The van der Waals surface area contributed by atoms with E-state index in [0.717, 1.165) is 12.8 Å². The van der Waals surface area contributed by atoms with Crippen molar-refractivity contribution in [1.82, 2.24) is 19.9 Å². The summed E-state index contributed by atoms with van der Waals surface area (Å²) in [5, 5.41) is 12.7. The maximum atomic E-state index is 15.1. The lowest BCUT2D eigenvalue weighted by Gasteiger charge is -2.33. The molecule has 38 heavy (non-hydrogen) atoms. The number of anilines is 1. The van der Waals surface area contributed by atoms with Crippen LogP contribution >= 0.6 is 0 Å². The molecule has 0 spiro atoms. The number of rotatable bonds is 7. The van der Waals surface area contributed by atoms with Crippen molar-refractivity contribution < 1.29 is 18.7 Å². The molecule has 5 rings (SSSR count). The van der Waals surface area contributed by atoms with Gasteiger partial charge in [0.15, 0.2) is 5.78 Å². The summed E-state index contributed by atoms with van der Waals surface area (Å²) >= 11 is 0. The second-order valence-electron chi connectivity index (χ2n) is 8.86. The predicted molar refractivity (Wildman–Crippen MR) is 138 cm³/mol. The molecule has 9 nitrogen and oxygen atoms in total. The van der Waals surface area contributed by atoms with Crippen LogP contribution < -0.4 is 10.1 Å². The van der Waals surface area contributed by atoms with Crippen molar-refractivity contribution in [3.63, 3.8) is 0 Å². The number of likely N-dealkylation sites (tertiary alicyclic amines) is 1. The van der Waals surface area contributed by atoms with Gasteiger partial charge in [-0.1, -0.05) is 24.8 Å². The van der Waals surface area contributed by atoms with Gasteiger partial charge in [-0.3, -0.25) is 9.59 Å². The van der Waals surface area contributed by atoms with Crippen molar-refractivity contribution in [2.45, 2.75) is 18.9 Å². The Kier molecular flexibility index (Phi) is 6.82. The first-order chi connectivity index (χ1) is 18.4. The number of carbonyl (C=O) groups is 2. The Hall–Kier alpha value is -5.04. The topological polar surface area (TPSA) is 124 Å². The van der Waals surface area contributed by atoms with Crippen LogP contribution in [-0.4, -0.2) is 50.7 Å². The smallest absolute Gasteiger partial charge is 0.263 e. The monoisotopic (exact) mass is 510 g/mol. The number of carbonyl (C=O) groups excluding carboxylic acids is 2. The number of hydrogen-bond acceptors (Lipinski definition) is 7. The van der Waals surface area contributed by atoms with E-state index in [4.69, 9.17) is 10.00 Å². The van der Waals surface area contributed by atoms with E-state index in [0.29, 0.717) is 35.7 Å². The van der Waals surface area contributed by atoms with E-state index in [-0.39, 0.29) is 28.5 Å². The third-order valence-electron chi connectivity index (χ3n) is 6.32. The average Bonchev–Trinajstić information content (AvgIpc) is 3.38. The van der Waals surface area contributed by atoms with Gasteiger partial charge in [-0.15, -0.1) is 0 Å². The molecule has 2 N–H and O–H groups in total.